The Labute approximate surface area is 203 Å². The molecule has 2 amide bonds. The minimum atomic E-state index is -1.37. The van der Waals surface area contributed by atoms with E-state index >= 15 is 0 Å². The molecule has 2 aromatic carbocycles. The summed E-state index contributed by atoms with van der Waals surface area (Å²) in [5.74, 6) is -1.69. The maximum atomic E-state index is 12.4. The molecule has 0 aliphatic heterocycles. The molecular formula is C26H28N4O5. The topological polar surface area (TPSA) is 123 Å². The number of amides is 2. The summed E-state index contributed by atoms with van der Waals surface area (Å²) in [6.07, 6.45) is 2.68. The lowest BCUT2D eigenvalue weighted by Crippen LogP contribution is -2.51. The van der Waals surface area contributed by atoms with Crippen molar-refractivity contribution in [2.24, 2.45) is 0 Å². The molecule has 1 aliphatic rings. The molecule has 9 nitrogen and oxygen atoms in total. The van der Waals surface area contributed by atoms with Crippen LogP contribution < -0.4 is 10.6 Å². The van der Waals surface area contributed by atoms with Gasteiger partial charge in [0, 0.05) is 25.2 Å². The zero-order valence-electron chi connectivity index (χ0n) is 19.7. The van der Waals surface area contributed by atoms with E-state index in [0.29, 0.717) is 6.54 Å². The first-order valence-corrected chi connectivity index (χ1v) is 11.5. The van der Waals surface area contributed by atoms with Crippen LogP contribution >= 0.6 is 0 Å². The number of nitrogens with zero attached hydrogens (tertiary/aromatic N) is 2. The summed E-state index contributed by atoms with van der Waals surface area (Å²) in [4.78, 5) is 40.1. The molecule has 0 radical (unpaired) electrons. The predicted octanol–water partition coefficient (Wildman–Crippen LogP) is 3.40. The summed E-state index contributed by atoms with van der Waals surface area (Å²) >= 11 is 0. The highest BCUT2D eigenvalue weighted by Crippen LogP contribution is 2.44. The lowest BCUT2D eigenvalue weighted by atomic mass is 9.98. The predicted molar refractivity (Wildman–Crippen MR) is 129 cm³/mol. The van der Waals surface area contributed by atoms with Crippen LogP contribution in [0.5, 0.6) is 0 Å². The van der Waals surface area contributed by atoms with E-state index in [2.05, 4.69) is 39.9 Å². The van der Waals surface area contributed by atoms with E-state index in [1.54, 1.807) is 11.5 Å². The van der Waals surface area contributed by atoms with Gasteiger partial charge in [0.1, 0.15) is 17.8 Å². The van der Waals surface area contributed by atoms with E-state index < -0.39 is 23.5 Å². The van der Waals surface area contributed by atoms with Crippen molar-refractivity contribution in [2.45, 2.75) is 38.3 Å². The van der Waals surface area contributed by atoms with Crippen molar-refractivity contribution in [1.82, 2.24) is 20.2 Å². The minimum Gasteiger partial charge on any atom is -0.480 e. The molecule has 0 fully saturated rings. The zero-order valence-corrected chi connectivity index (χ0v) is 19.7. The lowest BCUT2D eigenvalue weighted by Gasteiger charge is -2.23. The van der Waals surface area contributed by atoms with E-state index in [-0.39, 0.29) is 31.2 Å². The molecule has 1 aromatic heterocycles. The molecule has 1 atom stereocenters. The van der Waals surface area contributed by atoms with E-state index in [1.807, 2.05) is 24.3 Å². The summed E-state index contributed by atoms with van der Waals surface area (Å²) in [7, 11) is 0. The number of nitrogens with one attached hydrogen (secondary N) is 2. The van der Waals surface area contributed by atoms with Crippen LogP contribution in [0.2, 0.25) is 0 Å². The summed E-state index contributed by atoms with van der Waals surface area (Å²) in [6.45, 7) is 4.00. The first kappa shape index (κ1) is 24.0. The molecule has 3 N–H and O–H groups in total. The van der Waals surface area contributed by atoms with Crippen LogP contribution in [-0.4, -0.2) is 51.3 Å². The van der Waals surface area contributed by atoms with Crippen LogP contribution in [0.25, 0.3) is 11.1 Å². The Hall–Kier alpha value is -4.14. The van der Waals surface area contributed by atoms with Gasteiger partial charge in [-0.15, -0.1) is 0 Å². The molecule has 1 heterocycles. The van der Waals surface area contributed by atoms with Gasteiger partial charge in [-0.05, 0) is 35.6 Å². The van der Waals surface area contributed by atoms with Gasteiger partial charge in [-0.3, -0.25) is 4.79 Å². The quantitative estimate of drug-likeness (QED) is 0.435. The Bertz CT molecular complexity index is 1210. The average molecular weight is 477 g/mol. The number of carboxylic acids is 1. The van der Waals surface area contributed by atoms with Gasteiger partial charge >= 0.3 is 12.1 Å². The SMILES string of the molecule is CCC(C)(NC(=O)c1cn(CCNC(=O)OCC2c3ccccc3-c3ccccc32)cn1)C(=O)O. The summed E-state index contributed by atoms with van der Waals surface area (Å²) in [5, 5.41) is 14.5. The number of rotatable bonds is 9. The first-order valence-electron chi connectivity index (χ1n) is 11.5. The van der Waals surface area contributed by atoms with Crippen LogP contribution in [-0.2, 0) is 16.1 Å². The van der Waals surface area contributed by atoms with Crippen molar-refractivity contribution in [2.75, 3.05) is 13.2 Å². The number of aromatic nitrogens is 2. The number of carboxylic acid groups (broad SMARTS) is 1. The average Bonchev–Trinajstić information content (AvgIpc) is 3.45. The molecule has 35 heavy (non-hydrogen) atoms. The summed E-state index contributed by atoms with van der Waals surface area (Å²) < 4.78 is 7.16. The van der Waals surface area contributed by atoms with Gasteiger partial charge in [-0.1, -0.05) is 55.5 Å². The summed E-state index contributed by atoms with van der Waals surface area (Å²) in [5.41, 5.74) is 3.36. The Morgan fingerprint density at radius 3 is 2.31 bits per heavy atom. The second-order valence-corrected chi connectivity index (χ2v) is 8.69. The Kier molecular flexibility index (Phi) is 6.86. The molecule has 4 rings (SSSR count). The Balaban J connectivity index is 1.27. The van der Waals surface area contributed by atoms with E-state index in [1.165, 1.54) is 30.6 Å². The van der Waals surface area contributed by atoms with Gasteiger partial charge in [0.15, 0.2) is 0 Å². The van der Waals surface area contributed by atoms with Crippen LogP contribution in [0.1, 0.15) is 47.8 Å². The van der Waals surface area contributed by atoms with Crippen molar-refractivity contribution >= 4 is 18.0 Å². The molecular weight excluding hydrogens is 448 g/mol. The highest BCUT2D eigenvalue weighted by Gasteiger charge is 2.33. The highest BCUT2D eigenvalue weighted by atomic mass is 16.5. The number of benzene rings is 2. The third-order valence-electron chi connectivity index (χ3n) is 6.42. The second-order valence-electron chi connectivity index (χ2n) is 8.69. The molecule has 0 bridgehead atoms. The summed E-state index contributed by atoms with van der Waals surface area (Å²) in [6, 6.07) is 16.3. The maximum Gasteiger partial charge on any atom is 0.407 e. The fourth-order valence-corrected chi connectivity index (χ4v) is 4.14. The fraction of sp³-hybridized carbons (Fsp3) is 0.308. The number of fused-ring (bicyclic) bond motifs is 3. The monoisotopic (exact) mass is 476 g/mol. The standard InChI is InChI=1S/C26H28N4O5/c1-3-26(2,24(32)33)29-23(31)22-14-30(16-28-22)13-12-27-25(34)35-15-21-19-10-6-4-8-17(19)18-9-5-7-11-20(18)21/h4-11,14,16,21H,3,12-13,15H2,1-2H3,(H,27,34)(H,29,31)(H,32,33). The molecule has 9 heteroatoms. The largest absolute Gasteiger partial charge is 0.480 e. The highest BCUT2D eigenvalue weighted by molar-refractivity contribution is 5.96. The van der Waals surface area contributed by atoms with Gasteiger partial charge in [0.05, 0.1) is 6.33 Å². The smallest absolute Gasteiger partial charge is 0.407 e. The van der Waals surface area contributed by atoms with Gasteiger partial charge in [-0.25, -0.2) is 14.6 Å². The number of hydrogen-bond acceptors (Lipinski definition) is 5. The maximum absolute atomic E-state index is 12.4. The Morgan fingerprint density at radius 2 is 1.71 bits per heavy atom. The molecule has 0 saturated heterocycles. The number of imidazole rings is 1. The van der Waals surface area contributed by atoms with Gasteiger partial charge < -0.3 is 25.0 Å². The molecule has 3 aromatic rings. The van der Waals surface area contributed by atoms with Crippen LogP contribution in [0, 0.1) is 0 Å². The van der Waals surface area contributed by atoms with E-state index in [0.717, 1.165) is 11.1 Å². The number of alkyl carbamates (subject to hydrolysis) is 1. The molecule has 1 unspecified atom stereocenters. The van der Waals surface area contributed by atoms with Crippen LogP contribution in [0.3, 0.4) is 0 Å². The third-order valence-corrected chi connectivity index (χ3v) is 6.42. The fourth-order valence-electron chi connectivity index (χ4n) is 4.14. The molecule has 0 saturated carbocycles. The van der Waals surface area contributed by atoms with Crippen molar-refractivity contribution in [3.05, 3.63) is 77.9 Å². The van der Waals surface area contributed by atoms with E-state index in [9.17, 15) is 19.5 Å². The van der Waals surface area contributed by atoms with Crippen molar-refractivity contribution in [1.29, 1.82) is 0 Å². The van der Waals surface area contributed by atoms with Crippen molar-refractivity contribution < 1.29 is 24.2 Å². The van der Waals surface area contributed by atoms with Crippen LogP contribution in [0.4, 0.5) is 4.79 Å². The second kappa shape index (κ2) is 10.0. The van der Waals surface area contributed by atoms with Crippen LogP contribution in [0.15, 0.2) is 61.1 Å². The number of carbonyl (C=O) groups excluding carboxylic acids is 2. The Morgan fingerprint density at radius 1 is 1.09 bits per heavy atom. The van der Waals surface area contributed by atoms with Gasteiger partial charge in [0.25, 0.3) is 5.91 Å². The minimum absolute atomic E-state index is 0.0116. The van der Waals surface area contributed by atoms with Crippen molar-refractivity contribution in [3.63, 3.8) is 0 Å². The molecule has 182 valence electrons. The number of ether oxygens (including phenoxy) is 1. The van der Waals surface area contributed by atoms with Gasteiger partial charge in [-0.2, -0.15) is 0 Å². The zero-order chi connectivity index (χ0) is 25.0. The van der Waals surface area contributed by atoms with E-state index in [4.69, 9.17) is 4.74 Å². The molecule has 1 aliphatic carbocycles. The molecule has 0 spiro atoms. The number of hydrogen-bond donors (Lipinski definition) is 3. The van der Waals surface area contributed by atoms with Crippen molar-refractivity contribution in [3.8, 4) is 11.1 Å². The first-order chi connectivity index (χ1) is 16.8. The normalized spacial score (nSPS) is 13.9. The number of carbonyl (C=O) groups is 3. The van der Waals surface area contributed by atoms with Gasteiger partial charge in [0.2, 0.25) is 0 Å². The lowest BCUT2D eigenvalue weighted by molar-refractivity contribution is -0.143. The third kappa shape index (κ3) is 5.03. The number of aliphatic carboxylic acids is 1.